The van der Waals surface area contributed by atoms with E-state index in [0.29, 0.717) is 16.4 Å². The van der Waals surface area contributed by atoms with Crippen LogP contribution in [-0.4, -0.2) is 27.1 Å². The molecule has 2 aromatic heterocycles. The molecule has 3 aromatic rings. The molecule has 1 aromatic carbocycles. The summed E-state index contributed by atoms with van der Waals surface area (Å²) in [6.45, 7) is 9.45. The molecule has 0 fully saturated rings. The minimum Gasteiger partial charge on any atom is -0.455 e. The maximum absolute atomic E-state index is 12.4. The second-order valence-electron chi connectivity index (χ2n) is 7.19. The number of hydrogen-bond acceptors (Lipinski definition) is 6. The smallest absolute Gasteiger partial charge is 0.342 e. The van der Waals surface area contributed by atoms with Gasteiger partial charge in [0.25, 0.3) is 0 Å². The van der Waals surface area contributed by atoms with Crippen LogP contribution in [0.1, 0.15) is 59.6 Å². The van der Waals surface area contributed by atoms with Gasteiger partial charge in [-0.3, -0.25) is 14.8 Å². The SMILES string of the molecule is CC(=O)N(c1nc(COC(=O)c2cn[nH]c2C(C)C)cs1)c1ccc(C)cc1C. The first-order valence-corrected chi connectivity index (χ1v) is 10.2. The highest BCUT2D eigenvalue weighted by atomic mass is 32.1. The van der Waals surface area contributed by atoms with Crippen molar-refractivity contribution in [2.24, 2.45) is 0 Å². The summed E-state index contributed by atoms with van der Waals surface area (Å²) in [5, 5.41) is 9.10. The van der Waals surface area contributed by atoms with E-state index in [9.17, 15) is 9.59 Å². The van der Waals surface area contributed by atoms with E-state index in [2.05, 4.69) is 15.2 Å². The molecule has 29 heavy (non-hydrogen) atoms. The van der Waals surface area contributed by atoms with Crippen LogP contribution in [0.15, 0.2) is 29.8 Å². The normalized spacial score (nSPS) is 11.0. The van der Waals surface area contributed by atoms with Crippen molar-refractivity contribution in [3.63, 3.8) is 0 Å². The molecular formula is C21H24N4O3S. The number of thiazole rings is 1. The number of aryl methyl sites for hydroxylation is 2. The largest absolute Gasteiger partial charge is 0.455 e. The van der Waals surface area contributed by atoms with Gasteiger partial charge in [0.05, 0.1) is 23.3 Å². The molecule has 0 saturated heterocycles. The molecule has 0 radical (unpaired) electrons. The van der Waals surface area contributed by atoms with Gasteiger partial charge in [-0.1, -0.05) is 31.5 Å². The lowest BCUT2D eigenvalue weighted by atomic mass is 10.1. The number of aromatic amines is 1. The molecule has 7 nitrogen and oxygen atoms in total. The van der Waals surface area contributed by atoms with E-state index in [4.69, 9.17) is 4.74 Å². The van der Waals surface area contributed by atoms with Crippen LogP contribution >= 0.6 is 11.3 Å². The number of benzene rings is 1. The zero-order chi connectivity index (χ0) is 21.1. The lowest BCUT2D eigenvalue weighted by molar-refractivity contribution is -0.115. The Morgan fingerprint density at radius 2 is 2.03 bits per heavy atom. The summed E-state index contributed by atoms with van der Waals surface area (Å²) in [5.41, 5.74) is 4.67. The molecule has 0 spiro atoms. The Morgan fingerprint density at radius 1 is 1.28 bits per heavy atom. The van der Waals surface area contributed by atoms with Crippen molar-refractivity contribution in [3.05, 3.63) is 57.9 Å². The van der Waals surface area contributed by atoms with E-state index in [1.165, 1.54) is 24.5 Å². The van der Waals surface area contributed by atoms with E-state index in [-0.39, 0.29) is 18.4 Å². The lowest BCUT2D eigenvalue weighted by Gasteiger charge is -2.20. The number of rotatable bonds is 6. The zero-order valence-corrected chi connectivity index (χ0v) is 18.0. The number of esters is 1. The number of nitrogens with one attached hydrogen (secondary N) is 1. The minimum absolute atomic E-state index is 0.0245. The van der Waals surface area contributed by atoms with Gasteiger partial charge in [0.1, 0.15) is 12.2 Å². The van der Waals surface area contributed by atoms with Crippen LogP contribution in [-0.2, 0) is 16.1 Å². The standard InChI is InChI=1S/C21H24N4O3S/c1-12(2)19-17(9-22-24-19)20(27)28-10-16-11-29-21(23-16)25(15(5)26)18-7-6-13(3)8-14(18)4/h6-9,11-12H,10H2,1-5H3,(H,22,24). The van der Waals surface area contributed by atoms with E-state index in [1.807, 2.05) is 45.9 Å². The number of nitrogens with zero attached hydrogens (tertiary/aromatic N) is 3. The van der Waals surface area contributed by atoms with E-state index in [1.54, 1.807) is 10.3 Å². The highest BCUT2D eigenvalue weighted by Crippen LogP contribution is 2.32. The van der Waals surface area contributed by atoms with Gasteiger partial charge in [-0.25, -0.2) is 9.78 Å². The Morgan fingerprint density at radius 3 is 2.69 bits per heavy atom. The molecule has 152 valence electrons. The summed E-state index contributed by atoms with van der Waals surface area (Å²) in [6, 6.07) is 5.91. The molecule has 1 N–H and O–H groups in total. The summed E-state index contributed by atoms with van der Waals surface area (Å²) < 4.78 is 5.40. The summed E-state index contributed by atoms with van der Waals surface area (Å²) in [4.78, 5) is 30.8. The summed E-state index contributed by atoms with van der Waals surface area (Å²) in [5.74, 6) is -0.447. The van der Waals surface area contributed by atoms with Crippen molar-refractivity contribution in [2.75, 3.05) is 4.90 Å². The predicted octanol–water partition coefficient (Wildman–Crippen LogP) is 4.65. The van der Waals surface area contributed by atoms with Crippen LogP contribution in [0, 0.1) is 13.8 Å². The third-order valence-corrected chi connectivity index (χ3v) is 5.33. The van der Waals surface area contributed by atoms with Gasteiger partial charge in [0.15, 0.2) is 5.13 Å². The van der Waals surface area contributed by atoms with Gasteiger partial charge in [-0.05, 0) is 31.4 Å². The molecule has 2 heterocycles. The van der Waals surface area contributed by atoms with Crippen LogP contribution in [0.25, 0.3) is 0 Å². The first-order chi connectivity index (χ1) is 13.8. The quantitative estimate of drug-likeness (QED) is 0.596. The minimum atomic E-state index is -0.449. The Hall–Kier alpha value is -3.00. The average Bonchev–Trinajstić information content (AvgIpc) is 3.31. The van der Waals surface area contributed by atoms with Crippen LogP contribution in [0.4, 0.5) is 10.8 Å². The van der Waals surface area contributed by atoms with Crippen LogP contribution < -0.4 is 4.90 Å². The predicted molar refractivity (Wildman–Crippen MR) is 113 cm³/mol. The van der Waals surface area contributed by atoms with Crippen LogP contribution in [0.2, 0.25) is 0 Å². The Labute approximate surface area is 173 Å². The summed E-state index contributed by atoms with van der Waals surface area (Å²) in [6.07, 6.45) is 1.47. The molecule has 0 saturated carbocycles. The van der Waals surface area contributed by atoms with Crippen molar-refractivity contribution >= 4 is 34.0 Å². The van der Waals surface area contributed by atoms with E-state index < -0.39 is 5.97 Å². The molecule has 0 bridgehead atoms. The number of hydrogen-bond donors (Lipinski definition) is 1. The molecule has 8 heteroatoms. The second kappa shape index (κ2) is 8.57. The number of H-pyrrole nitrogens is 1. The molecule has 0 atom stereocenters. The van der Waals surface area contributed by atoms with Gasteiger partial charge in [-0.15, -0.1) is 11.3 Å². The third kappa shape index (κ3) is 4.54. The van der Waals surface area contributed by atoms with E-state index in [0.717, 1.165) is 22.5 Å². The number of ether oxygens (including phenoxy) is 1. The fraction of sp³-hybridized carbons (Fsp3) is 0.333. The van der Waals surface area contributed by atoms with Gasteiger partial charge >= 0.3 is 5.97 Å². The van der Waals surface area contributed by atoms with Crippen molar-refractivity contribution in [1.82, 2.24) is 15.2 Å². The van der Waals surface area contributed by atoms with Gasteiger partial charge in [0, 0.05) is 12.3 Å². The van der Waals surface area contributed by atoms with Crippen molar-refractivity contribution in [2.45, 2.75) is 47.1 Å². The maximum atomic E-state index is 12.4. The lowest BCUT2D eigenvalue weighted by Crippen LogP contribution is -2.23. The Bertz CT molecular complexity index is 1040. The van der Waals surface area contributed by atoms with E-state index >= 15 is 0 Å². The van der Waals surface area contributed by atoms with Gasteiger partial charge in [-0.2, -0.15) is 5.10 Å². The number of anilines is 2. The van der Waals surface area contributed by atoms with Crippen LogP contribution in [0.5, 0.6) is 0 Å². The Kier molecular flexibility index (Phi) is 6.12. The highest BCUT2D eigenvalue weighted by molar-refractivity contribution is 7.14. The fourth-order valence-corrected chi connectivity index (χ4v) is 3.91. The first-order valence-electron chi connectivity index (χ1n) is 9.30. The topological polar surface area (TPSA) is 88.2 Å². The number of carbonyl (C=O) groups is 2. The molecule has 0 aliphatic heterocycles. The number of aromatic nitrogens is 3. The van der Waals surface area contributed by atoms with Gasteiger partial charge < -0.3 is 4.74 Å². The van der Waals surface area contributed by atoms with Crippen molar-refractivity contribution < 1.29 is 14.3 Å². The van der Waals surface area contributed by atoms with Gasteiger partial charge in [0.2, 0.25) is 5.91 Å². The maximum Gasteiger partial charge on any atom is 0.342 e. The number of carbonyl (C=O) groups excluding carboxylic acids is 2. The molecule has 3 rings (SSSR count). The zero-order valence-electron chi connectivity index (χ0n) is 17.1. The highest BCUT2D eigenvalue weighted by Gasteiger charge is 2.21. The van der Waals surface area contributed by atoms with Crippen LogP contribution in [0.3, 0.4) is 0 Å². The molecule has 0 aliphatic rings. The van der Waals surface area contributed by atoms with Crippen molar-refractivity contribution in [1.29, 1.82) is 0 Å². The Balaban J connectivity index is 1.76. The molecule has 1 amide bonds. The molecule has 0 aliphatic carbocycles. The first kappa shape index (κ1) is 20.7. The van der Waals surface area contributed by atoms with Crippen molar-refractivity contribution in [3.8, 4) is 0 Å². The second-order valence-corrected chi connectivity index (χ2v) is 8.03. The summed E-state index contributed by atoms with van der Waals surface area (Å²) in [7, 11) is 0. The summed E-state index contributed by atoms with van der Waals surface area (Å²) >= 11 is 1.34. The number of amides is 1. The third-order valence-electron chi connectivity index (χ3n) is 4.46. The fourth-order valence-electron chi connectivity index (χ4n) is 3.05. The average molecular weight is 413 g/mol. The monoisotopic (exact) mass is 412 g/mol. The molecule has 0 unspecified atom stereocenters. The molecular weight excluding hydrogens is 388 g/mol.